The second-order valence-electron chi connectivity index (χ2n) is 15.9. The van der Waals surface area contributed by atoms with E-state index in [2.05, 4.69) is 30.6 Å². The Balaban J connectivity index is 1.06. The number of aromatic nitrogens is 4. The Labute approximate surface area is 327 Å². The molecule has 1 aromatic carbocycles. The van der Waals surface area contributed by atoms with E-state index in [1.54, 1.807) is 40.1 Å². The zero-order valence-corrected chi connectivity index (χ0v) is 32.9. The number of alkyl carbamates (subject to hydrolysis) is 2. The van der Waals surface area contributed by atoms with Crippen molar-refractivity contribution in [3.8, 4) is 17.2 Å². The molecule has 0 saturated carbocycles. The maximum Gasteiger partial charge on any atom is 0.407 e. The Morgan fingerprint density at radius 3 is 1.93 bits per heavy atom. The third-order valence-electron chi connectivity index (χ3n) is 11.1. The number of carbonyl (C=O) groups is 4. The number of rotatable bonds is 10. The van der Waals surface area contributed by atoms with Crippen molar-refractivity contribution < 1.29 is 46.6 Å². The minimum absolute atomic E-state index is 0.0447. The summed E-state index contributed by atoms with van der Waals surface area (Å²) < 4.78 is 51.9. The molecule has 0 spiro atoms. The summed E-state index contributed by atoms with van der Waals surface area (Å²) in [6.07, 6.45) is -0.253. The zero-order chi connectivity index (χ0) is 40.9. The van der Waals surface area contributed by atoms with Gasteiger partial charge in [-0.15, -0.1) is 0 Å². The van der Waals surface area contributed by atoms with E-state index in [9.17, 15) is 28.0 Å². The third kappa shape index (κ3) is 7.60. The molecule has 2 saturated heterocycles. The van der Waals surface area contributed by atoms with Crippen LogP contribution in [0.1, 0.15) is 82.5 Å². The molecular formula is C39H48F2N8O8. The molecule has 4 amide bonds. The molecule has 3 aromatic heterocycles. The molecule has 3 aliphatic heterocycles. The van der Waals surface area contributed by atoms with Crippen LogP contribution in [0.3, 0.4) is 0 Å². The van der Waals surface area contributed by atoms with Crippen LogP contribution in [-0.2, 0) is 31.1 Å². The Morgan fingerprint density at radius 1 is 0.842 bits per heavy atom. The van der Waals surface area contributed by atoms with Crippen LogP contribution in [0, 0.1) is 11.8 Å². The lowest BCUT2D eigenvalue weighted by Gasteiger charge is -2.29. The van der Waals surface area contributed by atoms with Crippen molar-refractivity contribution in [3.63, 3.8) is 0 Å². The van der Waals surface area contributed by atoms with Crippen molar-refractivity contribution >= 4 is 35.0 Å². The van der Waals surface area contributed by atoms with Gasteiger partial charge in [-0.3, -0.25) is 9.59 Å². The van der Waals surface area contributed by atoms with Gasteiger partial charge in [-0.05, 0) is 37.0 Å². The smallest absolute Gasteiger partial charge is 0.407 e. The highest BCUT2D eigenvalue weighted by atomic mass is 19.1. The van der Waals surface area contributed by atoms with Gasteiger partial charge >= 0.3 is 12.2 Å². The summed E-state index contributed by atoms with van der Waals surface area (Å²) in [5.74, 6) is 0.548. The standard InChI is InChI=1S/C39H48F2N8O8/c1-18(2)31(46-37(52)54-6)35(50)48-16-22(40)11-25(48)33-42-14-24(44-33)29-9-20-8-28-21(10-27(20)56-29)13-39(5,57-28)30-15-43-34(45-30)26-12-23(41)17-49(26)36(51)32(19(3)4)47-38(53)55-7/h8-10,14-15,18-19,22-23,25-26,31-32H,11-13,16-17H2,1-7H3,(H,42,44)(H,43,45)(H,46,52)(H,47,53). The number of fused-ring (bicyclic) bond motifs is 2. The molecule has 7 rings (SSSR count). The average Bonchev–Trinajstić information content (AvgIpc) is 4.02. The number of ether oxygens (including phenoxy) is 3. The van der Waals surface area contributed by atoms with Crippen LogP contribution >= 0.6 is 0 Å². The average molecular weight is 795 g/mol. The molecular weight excluding hydrogens is 746 g/mol. The van der Waals surface area contributed by atoms with Gasteiger partial charge in [-0.2, -0.15) is 0 Å². The molecule has 6 heterocycles. The number of nitrogens with zero attached hydrogens (tertiary/aromatic N) is 4. The molecule has 0 bridgehead atoms. The van der Waals surface area contributed by atoms with E-state index < -0.39 is 66.1 Å². The van der Waals surface area contributed by atoms with Crippen LogP contribution in [0.4, 0.5) is 18.4 Å². The van der Waals surface area contributed by atoms with E-state index in [-0.39, 0.29) is 37.8 Å². The van der Waals surface area contributed by atoms with Crippen LogP contribution in [0.2, 0.25) is 0 Å². The van der Waals surface area contributed by atoms with E-state index >= 15 is 0 Å². The zero-order valence-electron chi connectivity index (χ0n) is 32.9. The molecule has 18 heteroatoms. The van der Waals surface area contributed by atoms with E-state index in [0.717, 1.165) is 10.9 Å². The molecule has 4 aromatic rings. The summed E-state index contributed by atoms with van der Waals surface area (Å²) in [5.41, 5.74) is 1.81. The first-order valence-corrected chi connectivity index (χ1v) is 19.0. The number of nitrogens with one attached hydrogen (secondary N) is 4. The highest BCUT2D eigenvalue weighted by Gasteiger charge is 2.45. The van der Waals surface area contributed by atoms with Gasteiger partial charge in [-0.25, -0.2) is 28.3 Å². The fraction of sp³-hybridized carbons (Fsp3) is 0.538. The molecule has 306 valence electrons. The van der Waals surface area contributed by atoms with Crippen LogP contribution in [0.25, 0.3) is 22.4 Å². The van der Waals surface area contributed by atoms with Crippen molar-refractivity contribution in [1.29, 1.82) is 0 Å². The maximum atomic E-state index is 14.9. The fourth-order valence-corrected chi connectivity index (χ4v) is 8.00. The van der Waals surface area contributed by atoms with Crippen LogP contribution < -0.4 is 15.4 Å². The van der Waals surface area contributed by atoms with Crippen molar-refractivity contribution in [2.45, 2.75) is 96.0 Å². The van der Waals surface area contributed by atoms with Crippen LogP contribution in [0.5, 0.6) is 5.75 Å². The second kappa shape index (κ2) is 15.3. The van der Waals surface area contributed by atoms with Gasteiger partial charge in [-0.1, -0.05) is 27.7 Å². The lowest BCUT2D eigenvalue weighted by atomic mass is 9.96. The van der Waals surface area contributed by atoms with Crippen LogP contribution in [-0.4, -0.2) is 105 Å². The number of furan rings is 1. The Hall–Kier alpha value is -5.68. The van der Waals surface area contributed by atoms with Crippen molar-refractivity contribution in [3.05, 3.63) is 53.5 Å². The number of imidazole rings is 2. The topological polar surface area (TPSA) is 197 Å². The minimum atomic E-state index is -1.27. The molecule has 0 aliphatic carbocycles. The van der Waals surface area contributed by atoms with Crippen LogP contribution in [0.15, 0.2) is 35.0 Å². The number of alkyl halides is 2. The van der Waals surface area contributed by atoms with Gasteiger partial charge in [0.2, 0.25) is 11.8 Å². The molecule has 3 aliphatic rings. The highest BCUT2D eigenvalue weighted by Crippen LogP contribution is 2.45. The number of carbonyl (C=O) groups excluding carboxylic acids is 4. The normalized spacial score (nSPS) is 24.1. The predicted octanol–water partition coefficient (Wildman–Crippen LogP) is 5.38. The summed E-state index contributed by atoms with van der Waals surface area (Å²) in [4.78, 5) is 69.5. The minimum Gasteiger partial charge on any atom is -0.481 e. The number of halogens is 2. The Bertz CT molecular complexity index is 2120. The number of aromatic amines is 2. The van der Waals surface area contributed by atoms with E-state index in [1.807, 2.05) is 25.1 Å². The van der Waals surface area contributed by atoms with Gasteiger partial charge < -0.3 is 49.0 Å². The lowest BCUT2D eigenvalue weighted by molar-refractivity contribution is -0.136. The van der Waals surface area contributed by atoms with Gasteiger partial charge in [0.05, 0.1) is 57.5 Å². The van der Waals surface area contributed by atoms with Gasteiger partial charge in [0.1, 0.15) is 53.1 Å². The first-order valence-electron chi connectivity index (χ1n) is 19.0. The summed E-state index contributed by atoms with van der Waals surface area (Å²) >= 11 is 0. The van der Waals surface area contributed by atoms with E-state index in [4.69, 9.17) is 18.6 Å². The number of hydrogen-bond donors (Lipinski definition) is 4. The number of amides is 4. The molecule has 57 heavy (non-hydrogen) atoms. The summed E-state index contributed by atoms with van der Waals surface area (Å²) in [5, 5.41) is 5.90. The Morgan fingerprint density at radius 2 is 1.39 bits per heavy atom. The summed E-state index contributed by atoms with van der Waals surface area (Å²) in [7, 11) is 2.43. The van der Waals surface area contributed by atoms with Crippen molar-refractivity contribution in [1.82, 2.24) is 40.4 Å². The van der Waals surface area contributed by atoms with Gasteiger partial charge in [0, 0.05) is 30.2 Å². The van der Waals surface area contributed by atoms with Gasteiger partial charge in [0.25, 0.3) is 0 Å². The number of H-pyrrole nitrogens is 2. The number of benzene rings is 1. The molecule has 4 N–H and O–H groups in total. The summed E-state index contributed by atoms with van der Waals surface area (Å²) in [6, 6.07) is 2.46. The fourth-order valence-electron chi connectivity index (χ4n) is 8.00. The first-order chi connectivity index (χ1) is 27.1. The maximum absolute atomic E-state index is 14.9. The third-order valence-corrected chi connectivity index (χ3v) is 11.1. The number of methoxy groups -OCH3 is 2. The second-order valence-corrected chi connectivity index (χ2v) is 15.9. The molecule has 7 atom stereocenters. The molecule has 2 fully saturated rings. The predicted molar refractivity (Wildman–Crippen MR) is 200 cm³/mol. The quantitative estimate of drug-likeness (QED) is 0.162. The lowest BCUT2D eigenvalue weighted by Crippen LogP contribution is -2.51. The van der Waals surface area contributed by atoms with Gasteiger partial charge in [0.15, 0.2) is 11.4 Å². The number of likely N-dealkylation sites (tertiary alicyclic amines) is 2. The first kappa shape index (κ1) is 39.6. The highest BCUT2D eigenvalue weighted by molar-refractivity contribution is 5.88. The largest absolute Gasteiger partial charge is 0.481 e. The molecule has 0 radical (unpaired) electrons. The van der Waals surface area contributed by atoms with Crippen molar-refractivity contribution in [2.24, 2.45) is 11.8 Å². The monoisotopic (exact) mass is 794 g/mol. The van der Waals surface area contributed by atoms with E-state index in [1.165, 1.54) is 24.0 Å². The number of hydrogen-bond acceptors (Lipinski definition) is 10. The van der Waals surface area contributed by atoms with Crippen molar-refractivity contribution in [2.75, 3.05) is 27.3 Å². The van der Waals surface area contributed by atoms with E-state index in [0.29, 0.717) is 46.6 Å². The summed E-state index contributed by atoms with van der Waals surface area (Å²) in [6.45, 7) is 8.81. The molecule has 7 unspecified atom stereocenters. The SMILES string of the molecule is COC(=O)NC(C(=O)N1CC(F)CC1c1ncc(-c2cc3cc4c(cc3o2)CC(C)(c2cnc(C3CC(F)CN3C(=O)C(NC(=O)OC)C(C)C)[nH]2)O4)[nH]1)C(C)C. The Kier molecular flexibility index (Phi) is 10.6. The molecule has 16 nitrogen and oxygen atoms in total.